The number of rotatable bonds is 8. The Labute approximate surface area is 237 Å². The van der Waals surface area contributed by atoms with Gasteiger partial charge >= 0.3 is 0 Å². The fraction of sp³-hybridized carbons (Fsp3) is 0.379. The van der Waals surface area contributed by atoms with Crippen LogP contribution in [0.1, 0.15) is 19.4 Å². The van der Waals surface area contributed by atoms with Crippen LogP contribution in [0.2, 0.25) is 0 Å². The molecule has 1 aliphatic rings. The standard InChI is InChI=1S/C29H36N2O7S2/c1-20-10-13-24(14-11-20)39(33,34)30(4)18-28-21(2)17-31(22(3)19-32)40(35,36)29-15-12-23(16-27(29)38-28)25-8-6-7-9-26(25)37-5/h6-16,21-22,28,32H,17-19H2,1-5H3/t21-,22+,28+/m1/s1. The smallest absolute Gasteiger partial charge is 0.247 e. The summed E-state index contributed by atoms with van der Waals surface area (Å²) in [5, 5.41) is 9.89. The van der Waals surface area contributed by atoms with E-state index in [1.807, 2.05) is 38.1 Å². The first-order chi connectivity index (χ1) is 18.9. The number of hydrogen-bond donors (Lipinski definition) is 1. The summed E-state index contributed by atoms with van der Waals surface area (Å²) in [5.41, 5.74) is 2.38. The minimum atomic E-state index is -4.04. The second-order valence-corrected chi connectivity index (χ2v) is 14.1. The number of fused-ring (bicyclic) bond motifs is 1. The van der Waals surface area contributed by atoms with Gasteiger partial charge in [-0.05, 0) is 49.7 Å². The molecular weight excluding hydrogens is 552 g/mol. The molecule has 1 N–H and O–H groups in total. The highest BCUT2D eigenvalue weighted by Gasteiger charge is 2.39. The summed E-state index contributed by atoms with van der Waals surface area (Å²) in [5.74, 6) is 0.305. The summed E-state index contributed by atoms with van der Waals surface area (Å²) in [6.07, 6.45) is -0.694. The average molecular weight is 589 g/mol. The summed E-state index contributed by atoms with van der Waals surface area (Å²) < 4.78 is 68.7. The Morgan fingerprint density at radius 3 is 2.45 bits per heavy atom. The maximum Gasteiger partial charge on any atom is 0.247 e. The zero-order valence-electron chi connectivity index (χ0n) is 23.3. The van der Waals surface area contributed by atoms with Crippen LogP contribution >= 0.6 is 0 Å². The largest absolute Gasteiger partial charge is 0.496 e. The van der Waals surface area contributed by atoms with Crippen molar-refractivity contribution in [2.75, 3.05) is 33.9 Å². The molecule has 3 aromatic rings. The Balaban J connectivity index is 1.79. The molecule has 0 saturated heterocycles. The molecule has 3 atom stereocenters. The van der Waals surface area contributed by atoms with E-state index in [2.05, 4.69) is 0 Å². The predicted octanol–water partition coefficient (Wildman–Crippen LogP) is 3.76. The minimum absolute atomic E-state index is 0.0168. The number of aliphatic hydroxyl groups excluding tert-OH is 1. The average Bonchev–Trinajstić information content (AvgIpc) is 2.94. The minimum Gasteiger partial charge on any atom is -0.496 e. The zero-order chi connectivity index (χ0) is 29.2. The van der Waals surface area contributed by atoms with Crippen LogP contribution in [0, 0.1) is 12.8 Å². The van der Waals surface area contributed by atoms with Crippen molar-refractivity contribution in [1.82, 2.24) is 8.61 Å². The maximum absolute atomic E-state index is 13.8. The van der Waals surface area contributed by atoms with Crippen molar-refractivity contribution in [3.63, 3.8) is 0 Å². The molecule has 3 aromatic carbocycles. The third kappa shape index (κ3) is 5.89. The molecule has 11 heteroatoms. The summed E-state index contributed by atoms with van der Waals surface area (Å²) in [7, 11) is -4.83. The van der Waals surface area contributed by atoms with Crippen LogP contribution < -0.4 is 9.47 Å². The van der Waals surface area contributed by atoms with Crippen molar-refractivity contribution in [1.29, 1.82) is 0 Å². The quantitative estimate of drug-likeness (QED) is 0.426. The van der Waals surface area contributed by atoms with Gasteiger partial charge in [-0.1, -0.05) is 48.9 Å². The van der Waals surface area contributed by atoms with Gasteiger partial charge < -0.3 is 14.6 Å². The van der Waals surface area contributed by atoms with E-state index in [1.165, 1.54) is 21.7 Å². The lowest BCUT2D eigenvalue weighted by molar-refractivity contribution is 0.0905. The highest BCUT2D eigenvalue weighted by Crippen LogP contribution is 2.39. The van der Waals surface area contributed by atoms with Gasteiger partial charge in [0.25, 0.3) is 0 Å². The van der Waals surface area contributed by atoms with E-state index in [4.69, 9.17) is 9.47 Å². The lowest BCUT2D eigenvalue weighted by atomic mass is 10.0. The molecule has 40 heavy (non-hydrogen) atoms. The molecule has 4 rings (SSSR count). The molecule has 0 aliphatic carbocycles. The molecule has 0 aromatic heterocycles. The number of benzene rings is 3. The monoisotopic (exact) mass is 588 g/mol. The second kappa shape index (κ2) is 11.9. The van der Waals surface area contributed by atoms with Crippen molar-refractivity contribution >= 4 is 20.0 Å². The first-order valence-electron chi connectivity index (χ1n) is 13.0. The lowest BCUT2D eigenvalue weighted by Gasteiger charge is -2.37. The van der Waals surface area contributed by atoms with Crippen LogP contribution in [0.4, 0.5) is 0 Å². The van der Waals surface area contributed by atoms with Gasteiger partial charge in [0, 0.05) is 31.1 Å². The zero-order valence-corrected chi connectivity index (χ0v) is 24.9. The normalized spacial score (nSPS) is 20.2. The Morgan fingerprint density at radius 1 is 1.12 bits per heavy atom. The molecule has 0 amide bonds. The van der Waals surface area contributed by atoms with E-state index in [9.17, 15) is 21.9 Å². The highest BCUT2D eigenvalue weighted by molar-refractivity contribution is 7.89. The fourth-order valence-corrected chi connectivity index (χ4v) is 7.74. The third-order valence-electron chi connectivity index (χ3n) is 7.25. The van der Waals surface area contributed by atoms with Crippen molar-refractivity contribution in [3.05, 3.63) is 72.3 Å². The van der Waals surface area contributed by atoms with Gasteiger partial charge in [0.2, 0.25) is 20.0 Å². The van der Waals surface area contributed by atoms with E-state index < -0.39 is 38.1 Å². The summed E-state index contributed by atoms with van der Waals surface area (Å²) in [6, 6.07) is 18.1. The number of nitrogens with zero attached hydrogens (tertiary/aromatic N) is 2. The molecule has 0 saturated carbocycles. The first kappa shape index (κ1) is 30.0. The molecule has 0 unspecified atom stereocenters. The number of sulfonamides is 2. The molecule has 0 bridgehead atoms. The van der Waals surface area contributed by atoms with Crippen LogP contribution in [0.25, 0.3) is 11.1 Å². The first-order valence-corrected chi connectivity index (χ1v) is 15.9. The van der Waals surface area contributed by atoms with E-state index in [1.54, 1.807) is 50.4 Å². The van der Waals surface area contributed by atoms with E-state index in [-0.39, 0.29) is 35.2 Å². The molecule has 0 fully saturated rings. The number of methoxy groups -OCH3 is 1. The van der Waals surface area contributed by atoms with Crippen LogP contribution in [-0.2, 0) is 20.0 Å². The number of hydrogen-bond acceptors (Lipinski definition) is 7. The van der Waals surface area contributed by atoms with Crippen LogP contribution in [0.3, 0.4) is 0 Å². The Bertz CT molecular complexity index is 1560. The van der Waals surface area contributed by atoms with Crippen LogP contribution in [-0.4, -0.2) is 76.6 Å². The van der Waals surface area contributed by atoms with E-state index in [0.717, 1.165) is 11.1 Å². The topological polar surface area (TPSA) is 113 Å². The van der Waals surface area contributed by atoms with Gasteiger partial charge in [-0.3, -0.25) is 0 Å². The van der Waals surface area contributed by atoms with Gasteiger partial charge in [0.15, 0.2) is 0 Å². The number of para-hydroxylation sites is 1. The number of aryl methyl sites for hydroxylation is 1. The molecule has 9 nitrogen and oxygen atoms in total. The van der Waals surface area contributed by atoms with Crippen LogP contribution in [0.5, 0.6) is 11.5 Å². The molecule has 216 valence electrons. The molecule has 1 aliphatic heterocycles. The van der Waals surface area contributed by atoms with Crippen LogP contribution in [0.15, 0.2) is 76.5 Å². The van der Waals surface area contributed by atoms with Crippen molar-refractivity contribution in [2.45, 2.75) is 42.7 Å². The van der Waals surface area contributed by atoms with Crippen molar-refractivity contribution < 1.29 is 31.4 Å². The number of ether oxygens (including phenoxy) is 2. The molecule has 1 heterocycles. The molecular formula is C29H36N2O7S2. The van der Waals surface area contributed by atoms with Gasteiger partial charge in [0.1, 0.15) is 22.5 Å². The fourth-order valence-electron chi connectivity index (χ4n) is 4.74. The van der Waals surface area contributed by atoms with Gasteiger partial charge in [-0.2, -0.15) is 8.61 Å². The molecule has 0 spiro atoms. The van der Waals surface area contributed by atoms with Crippen molar-refractivity contribution in [3.8, 4) is 22.6 Å². The number of likely N-dealkylation sites (N-methyl/N-ethyl adjacent to an activating group) is 1. The molecule has 0 radical (unpaired) electrons. The van der Waals surface area contributed by atoms with Gasteiger partial charge in [-0.25, -0.2) is 16.8 Å². The Kier molecular flexibility index (Phi) is 8.91. The van der Waals surface area contributed by atoms with Gasteiger partial charge in [-0.15, -0.1) is 0 Å². The highest BCUT2D eigenvalue weighted by atomic mass is 32.2. The summed E-state index contributed by atoms with van der Waals surface area (Å²) in [6.45, 7) is 5.00. The van der Waals surface area contributed by atoms with E-state index in [0.29, 0.717) is 11.3 Å². The second-order valence-electron chi connectivity index (χ2n) is 10.2. The number of aliphatic hydroxyl groups is 1. The van der Waals surface area contributed by atoms with E-state index >= 15 is 0 Å². The van der Waals surface area contributed by atoms with Crippen molar-refractivity contribution in [2.24, 2.45) is 5.92 Å². The Morgan fingerprint density at radius 2 is 1.80 bits per heavy atom. The lowest BCUT2D eigenvalue weighted by Crippen LogP contribution is -2.50. The Hall–Kier alpha value is -2.96. The maximum atomic E-state index is 13.8. The summed E-state index contributed by atoms with van der Waals surface area (Å²) in [4.78, 5) is 0.114. The summed E-state index contributed by atoms with van der Waals surface area (Å²) >= 11 is 0. The third-order valence-corrected chi connectivity index (χ3v) is 11.1. The SMILES string of the molecule is COc1ccccc1-c1ccc2c(c1)O[C@@H](CN(C)S(=O)(=O)c1ccc(C)cc1)[C@H](C)CN([C@@H](C)CO)S2(=O)=O. The predicted molar refractivity (Wildman–Crippen MR) is 153 cm³/mol. The van der Waals surface area contributed by atoms with Gasteiger partial charge in [0.05, 0.1) is 25.2 Å².